The molecule has 2 aromatic rings. The minimum Gasteiger partial charge on any atom is -0.449 e. The summed E-state index contributed by atoms with van der Waals surface area (Å²) in [7, 11) is 0. The van der Waals surface area contributed by atoms with Gasteiger partial charge in [-0.25, -0.2) is 14.6 Å². The van der Waals surface area contributed by atoms with E-state index in [0.717, 1.165) is 62.5 Å². The number of aromatic nitrogens is 1. The summed E-state index contributed by atoms with van der Waals surface area (Å²) in [5, 5.41) is 5.88. The fraction of sp³-hybridized carbons (Fsp3) is 0.478. The van der Waals surface area contributed by atoms with Crippen LogP contribution in [-0.4, -0.2) is 48.1 Å². The van der Waals surface area contributed by atoms with Crippen LogP contribution >= 0.6 is 0 Å². The number of nitrogens with one attached hydrogen (secondary N) is 2. The van der Waals surface area contributed by atoms with Gasteiger partial charge in [-0.05, 0) is 44.7 Å². The number of benzene rings is 1. The highest BCUT2D eigenvalue weighted by atomic mass is 16.5. The van der Waals surface area contributed by atoms with E-state index in [-0.39, 0.29) is 6.04 Å². The molecule has 2 heterocycles. The van der Waals surface area contributed by atoms with Gasteiger partial charge in [-0.2, -0.15) is 0 Å². The average molecular weight is 425 g/mol. The van der Waals surface area contributed by atoms with Crippen molar-refractivity contribution in [3.63, 3.8) is 0 Å². The molecule has 0 spiro atoms. The van der Waals surface area contributed by atoms with Crippen molar-refractivity contribution in [2.75, 3.05) is 18.0 Å². The number of anilines is 1. The molecular weight excluding hydrogens is 396 g/mol. The summed E-state index contributed by atoms with van der Waals surface area (Å²) >= 11 is 0. The zero-order valence-corrected chi connectivity index (χ0v) is 17.7. The Balaban J connectivity index is 1.46. The van der Waals surface area contributed by atoms with Crippen LogP contribution in [0.3, 0.4) is 0 Å². The van der Waals surface area contributed by atoms with Gasteiger partial charge in [-0.3, -0.25) is 10.1 Å². The number of carbonyl (C=O) groups is 3. The van der Waals surface area contributed by atoms with Gasteiger partial charge in [0.05, 0.1) is 5.52 Å². The highest BCUT2D eigenvalue weighted by Crippen LogP contribution is 2.27. The molecule has 1 aliphatic carbocycles. The molecule has 0 bridgehead atoms. The highest BCUT2D eigenvalue weighted by molar-refractivity contribution is 6.02. The zero-order chi connectivity index (χ0) is 21.8. The number of fused-ring (bicyclic) bond motifs is 1. The second-order valence-corrected chi connectivity index (χ2v) is 8.24. The first-order chi connectivity index (χ1) is 15.0. The summed E-state index contributed by atoms with van der Waals surface area (Å²) in [6.45, 7) is 3.10. The minimum atomic E-state index is -1.11. The number of nitrogens with zero attached hydrogens (tertiary/aromatic N) is 2. The third-order valence-electron chi connectivity index (χ3n) is 5.91. The second kappa shape index (κ2) is 9.32. The van der Waals surface area contributed by atoms with Crippen LogP contribution in [0.4, 0.5) is 10.6 Å². The van der Waals surface area contributed by atoms with Gasteiger partial charge in [0.1, 0.15) is 11.4 Å². The van der Waals surface area contributed by atoms with Crippen molar-refractivity contribution < 1.29 is 19.1 Å². The highest BCUT2D eigenvalue weighted by Gasteiger charge is 2.27. The Kier molecular flexibility index (Phi) is 6.34. The number of esters is 1. The summed E-state index contributed by atoms with van der Waals surface area (Å²) in [6.07, 6.45) is 4.95. The number of urea groups is 1. The Hall–Kier alpha value is -3.16. The van der Waals surface area contributed by atoms with E-state index < -0.39 is 24.0 Å². The predicted molar refractivity (Wildman–Crippen MR) is 117 cm³/mol. The number of hydrogen-bond donors (Lipinski definition) is 2. The number of pyridine rings is 1. The van der Waals surface area contributed by atoms with Gasteiger partial charge >= 0.3 is 12.0 Å². The third-order valence-corrected chi connectivity index (χ3v) is 5.91. The summed E-state index contributed by atoms with van der Waals surface area (Å²) < 4.78 is 5.42. The lowest BCUT2D eigenvalue weighted by Crippen LogP contribution is -2.47. The smallest absolute Gasteiger partial charge is 0.342 e. The maximum absolute atomic E-state index is 13.0. The quantitative estimate of drug-likeness (QED) is 0.715. The Bertz CT molecular complexity index is 981. The molecule has 1 aliphatic heterocycles. The lowest BCUT2D eigenvalue weighted by Gasteiger charge is -2.21. The molecule has 0 radical (unpaired) electrons. The van der Waals surface area contributed by atoms with Gasteiger partial charge < -0.3 is 15.0 Å². The first-order valence-corrected chi connectivity index (χ1v) is 11.0. The molecule has 4 rings (SSSR count). The zero-order valence-electron chi connectivity index (χ0n) is 17.7. The molecule has 8 nitrogen and oxygen atoms in total. The van der Waals surface area contributed by atoms with Crippen LogP contribution < -0.4 is 15.5 Å². The molecular formula is C23H28N4O4. The van der Waals surface area contributed by atoms with Crippen LogP contribution in [0.5, 0.6) is 0 Å². The number of amides is 3. The van der Waals surface area contributed by atoms with Gasteiger partial charge in [-0.1, -0.05) is 31.0 Å². The molecule has 1 unspecified atom stereocenters. The minimum absolute atomic E-state index is 0.0948. The maximum atomic E-state index is 13.0. The van der Waals surface area contributed by atoms with Crippen molar-refractivity contribution in [1.29, 1.82) is 0 Å². The normalized spacial score (nSPS) is 17.5. The number of imide groups is 1. The predicted octanol–water partition coefficient (Wildman–Crippen LogP) is 3.15. The first kappa shape index (κ1) is 21.1. The molecule has 1 saturated heterocycles. The van der Waals surface area contributed by atoms with Crippen molar-refractivity contribution in [1.82, 2.24) is 15.6 Å². The Morgan fingerprint density at radius 3 is 2.55 bits per heavy atom. The first-order valence-electron chi connectivity index (χ1n) is 11.0. The number of ether oxygens (including phenoxy) is 1. The van der Waals surface area contributed by atoms with Gasteiger partial charge in [0.25, 0.3) is 5.91 Å². The van der Waals surface area contributed by atoms with Crippen LogP contribution in [0.15, 0.2) is 30.3 Å². The van der Waals surface area contributed by atoms with Crippen molar-refractivity contribution in [2.24, 2.45) is 0 Å². The van der Waals surface area contributed by atoms with E-state index in [1.807, 2.05) is 24.3 Å². The Morgan fingerprint density at radius 1 is 1.10 bits per heavy atom. The number of para-hydroxylation sites is 1. The van der Waals surface area contributed by atoms with Crippen LogP contribution in [0.1, 0.15) is 55.8 Å². The van der Waals surface area contributed by atoms with E-state index >= 15 is 0 Å². The van der Waals surface area contributed by atoms with Crippen LogP contribution in [0.25, 0.3) is 10.9 Å². The van der Waals surface area contributed by atoms with Crippen molar-refractivity contribution in [3.05, 3.63) is 35.9 Å². The van der Waals surface area contributed by atoms with Gasteiger partial charge in [0.15, 0.2) is 6.10 Å². The van der Waals surface area contributed by atoms with Crippen molar-refractivity contribution in [2.45, 2.75) is 57.6 Å². The summed E-state index contributed by atoms with van der Waals surface area (Å²) in [5.74, 6) is -0.702. The molecule has 164 valence electrons. The molecule has 8 heteroatoms. The molecule has 2 N–H and O–H groups in total. The molecule has 1 atom stereocenters. The summed E-state index contributed by atoms with van der Waals surface area (Å²) in [6, 6.07) is 8.88. The molecule has 31 heavy (non-hydrogen) atoms. The van der Waals surface area contributed by atoms with E-state index in [4.69, 9.17) is 9.72 Å². The maximum Gasteiger partial charge on any atom is 0.342 e. The number of hydrogen-bond acceptors (Lipinski definition) is 6. The molecule has 1 saturated carbocycles. The summed E-state index contributed by atoms with van der Waals surface area (Å²) in [5.41, 5.74) is 1.13. The fourth-order valence-corrected chi connectivity index (χ4v) is 4.21. The lowest BCUT2D eigenvalue weighted by molar-refractivity contribution is -0.127. The number of rotatable bonds is 5. The molecule has 1 aromatic heterocycles. The van der Waals surface area contributed by atoms with E-state index in [2.05, 4.69) is 15.5 Å². The standard InChI is InChI=1S/C23H28N4O4/c1-15(21(28)26-23(30)24-17-9-3-4-10-17)31-22(29)18-14-16-8-2-5-11-19(16)25-20(18)27-12-6-7-13-27/h2,5,8,11,14-15,17H,3-4,6-7,9-10,12-13H2,1H3,(H2,24,26,28,30). The van der Waals surface area contributed by atoms with Gasteiger partial charge in [0, 0.05) is 24.5 Å². The molecule has 2 aliphatic rings. The molecule has 3 amide bonds. The number of carbonyl (C=O) groups excluding carboxylic acids is 3. The van der Waals surface area contributed by atoms with E-state index in [1.54, 1.807) is 6.07 Å². The van der Waals surface area contributed by atoms with Crippen LogP contribution in [0.2, 0.25) is 0 Å². The SMILES string of the molecule is CC(OC(=O)c1cc2ccccc2nc1N1CCCC1)C(=O)NC(=O)NC1CCCC1. The van der Waals surface area contributed by atoms with Gasteiger partial charge in [0.2, 0.25) is 0 Å². The lowest BCUT2D eigenvalue weighted by atomic mass is 10.1. The fourth-order valence-electron chi connectivity index (χ4n) is 4.21. The van der Waals surface area contributed by atoms with Crippen molar-refractivity contribution in [3.8, 4) is 0 Å². The van der Waals surface area contributed by atoms with E-state index in [9.17, 15) is 14.4 Å². The van der Waals surface area contributed by atoms with Crippen LogP contribution in [-0.2, 0) is 9.53 Å². The molecule has 2 fully saturated rings. The second-order valence-electron chi connectivity index (χ2n) is 8.24. The third kappa shape index (κ3) is 4.95. The Morgan fingerprint density at radius 2 is 1.81 bits per heavy atom. The monoisotopic (exact) mass is 424 g/mol. The average Bonchev–Trinajstić information content (AvgIpc) is 3.47. The molecule has 1 aromatic carbocycles. The van der Waals surface area contributed by atoms with E-state index in [1.165, 1.54) is 6.92 Å². The summed E-state index contributed by atoms with van der Waals surface area (Å²) in [4.78, 5) is 44.2. The largest absolute Gasteiger partial charge is 0.449 e. The van der Waals surface area contributed by atoms with Crippen molar-refractivity contribution >= 4 is 34.6 Å². The Labute approximate surface area is 181 Å². The van der Waals surface area contributed by atoms with Crippen LogP contribution in [0, 0.1) is 0 Å². The van der Waals surface area contributed by atoms with Gasteiger partial charge in [-0.15, -0.1) is 0 Å². The van der Waals surface area contributed by atoms with E-state index in [0.29, 0.717) is 11.4 Å². The topological polar surface area (TPSA) is 101 Å².